The van der Waals surface area contributed by atoms with Gasteiger partial charge in [0.1, 0.15) is 11.6 Å². The maximum Gasteiger partial charge on any atom is 0.272 e. The van der Waals surface area contributed by atoms with E-state index in [-0.39, 0.29) is 26.9 Å². The van der Waals surface area contributed by atoms with Crippen molar-refractivity contribution in [3.05, 3.63) is 78.8 Å². The normalized spacial score (nSPS) is 11.0. The first-order chi connectivity index (χ1) is 11.3. The molecule has 0 N–H and O–H groups in total. The number of nitriles is 1. The van der Waals surface area contributed by atoms with Crippen LogP contribution >= 0.6 is 23.2 Å². The molecule has 24 heavy (non-hydrogen) atoms. The topological polar surface area (TPSA) is 84.0 Å². The molecule has 0 saturated heterocycles. The first-order valence-corrected chi connectivity index (χ1v) is 7.46. The molecule has 0 radical (unpaired) electrons. The molecule has 0 aliphatic heterocycles. The zero-order valence-corrected chi connectivity index (χ0v) is 13.9. The minimum Gasteiger partial charge on any atom is -0.288 e. The quantitative estimate of drug-likeness (QED) is 0.252. The molecule has 0 heterocycles. The molecule has 120 valence electrons. The van der Waals surface area contributed by atoms with E-state index in [0.717, 1.165) is 0 Å². The Morgan fingerprint density at radius 3 is 2.42 bits per heavy atom. The van der Waals surface area contributed by atoms with Crippen molar-refractivity contribution in [2.24, 2.45) is 0 Å². The molecular weight excluding hydrogens is 351 g/mol. The Balaban J connectivity index is 2.51. The van der Waals surface area contributed by atoms with Crippen LogP contribution in [-0.2, 0) is 0 Å². The number of benzene rings is 2. The van der Waals surface area contributed by atoms with Gasteiger partial charge in [0.25, 0.3) is 5.69 Å². The number of Topliss-reactive ketones (excluding diaryl/α,β-unsaturated/α-hetero) is 1. The number of ketones is 1. The zero-order chi connectivity index (χ0) is 17.9. The van der Waals surface area contributed by atoms with E-state index in [1.807, 2.05) is 0 Å². The number of aryl methyl sites for hydroxylation is 1. The molecule has 0 unspecified atom stereocenters. The van der Waals surface area contributed by atoms with Gasteiger partial charge in [0.05, 0.1) is 20.5 Å². The van der Waals surface area contributed by atoms with Gasteiger partial charge in [-0.05, 0) is 30.7 Å². The van der Waals surface area contributed by atoms with Crippen LogP contribution in [0.5, 0.6) is 0 Å². The van der Waals surface area contributed by atoms with Gasteiger partial charge in [-0.15, -0.1) is 0 Å². The van der Waals surface area contributed by atoms with E-state index < -0.39 is 10.7 Å². The van der Waals surface area contributed by atoms with E-state index in [9.17, 15) is 20.2 Å². The number of halogens is 2. The molecule has 0 aliphatic rings. The fourth-order valence-corrected chi connectivity index (χ4v) is 2.65. The van der Waals surface area contributed by atoms with Gasteiger partial charge in [-0.2, -0.15) is 5.26 Å². The van der Waals surface area contributed by atoms with Crippen LogP contribution in [0.2, 0.25) is 10.0 Å². The molecule has 0 spiro atoms. The van der Waals surface area contributed by atoms with Crippen LogP contribution < -0.4 is 0 Å². The summed E-state index contributed by atoms with van der Waals surface area (Å²) in [6, 6.07) is 10.8. The average molecular weight is 361 g/mol. The molecule has 0 fully saturated rings. The molecule has 0 bridgehead atoms. The second-order valence-corrected chi connectivity index (χ2v) is 5.71. The number of nitro benzene ring substituents is 1. The lowest BCUT2D eigenvalue weighted by Crippen LogP contribution is -2.04. The molecule has 2 aromatic carbocycles. The van der Waals surface area contributed by atoms with Gasteiger partial charge in [0, 0.05) is 11.6 Å². The van der Waals surface area contributed by atoms with E-state index >= 15 is 0 Å². The van der Waals surface area contributed by atoms with Gasteiger partial charge in [-0.25, -0.2) is 0 Å². The Morgan fingerprint density at radius 2 is 1.88 bits per heavy atom. The second kappa shape index (κ2) is 7.26. The maximum atomic E-state index is 12.5. The Labute approximate surface area is 147 Å². The van der Waals surface area contributed by atoms with Crippen LogP contribution in [0.4, 0.5) is 5.69 Å². The summed E-state index contributed by atoms with van der Waals surface area (Å²) in [5.74, 6) is -0.642. The van der Waals surface area contributed by atoms with Crippen molar-refractivity contribution < 1.29 is 9.72 Å². The van der Waals surface area contributed by atoms with Gasteiger partial charge in [0.15, 0.2) is 0 Å². The lowest BCUT2D eigenvalue weighted by molar-refractivity contribution is -0.385. The third kappa shape index (κ3) is 3.62. The Kier molecular flexibility index (Phi) is 5.35. The van der Waals surface area contributed by atoms with E-state index in [1.54, 1.807) is 31.2 Å². The van der Waals surface area contributed by atoms with Crippen molar-refractivity contribution in [2.75, 3.05) is 0 Å². The lowest BCUT2D eigenvalue weighted by Gasteiger charge is -2.05. The smallest absolute Gasteiger partial charge is 0.272 e. The summed E-state index contributed by atoms with van der Waals surface area (Å²) in [4.78, 5) is 23.0. The molecule has 2 rings (SSSR count). The van der Waals surface area contributed by atoms with Crippen molar-refractivity contribution in [2.45, 2.75) is 6.92 Å². The minimum absolute atomic E-state index is 0.0234. The minimum atomic E-state index is -0.642. The van der Waals surface area contributed by atoms with Gasteiger partial charge in [-0.1, -0.05) is 41.4 Å². The SMILES string of the molecule is Cc1ccc(/C=C(\C#N)C(=O)c2c(Cl)cccc2Cl)cc1[N+](=O)[O-]. The first-order valence-electron chi connectivity index (χ1n) is 6.70. The van der Waals surface area contributed by atoms with Crippen LogP contribution in [0, 0.1) is 28.4 Å². The summed E-state index contributed by atoms with van der Waals surface area (Å²) in [5.41, 5.74) is 0.555. The molecule has 5 nitrogen and oxygen atoms in total. The van der Waals surface area contributed by atoms with Gasteiger partial charge >= 0.3 is 0 Å². The average Bonchev–Trinajstić information content (AvgIpc) is 2.53. The molecule has 0 amide bonds. The Hall–Kier alpha value is -2.68. The highest BCUT2D eigenvalue weighted by atomic mass is 35.5. The molecule has 0 aromatic heterocycles. The zero-order valence-electron chi connectivity index (χ0n) is 12.4. The largest absolute Gasteiger partial charge is 0.288 e. The van der Waals surface area contributed by atoms with Crippen molar-refractivity contribution in [1.29, 1.82) is 5.26 Å². The van der Waals surface area contributed by atoms with Crippen molar-refractivity contribution >= 4 is 40.7 Å². The number of carbonyl (C=O) groups is 1. The number of hydrogen-bond acceptors (Lipinski definition) is 4. The molecule has 2 aromatic rings. The number of hydrogen-bond donors (Lipinski definition) is 0. The fourth-order valence-electron chi connectivity index (χ4n) is 2.08. The van der Waals surface area contributed by atoms with Crippen LogP contribution in [-0.4, -0.2) is 10.7 Å². The lowest BCUT2D eigenvalue weighted by atomic mass is 10.0. The molecular formula is C17H10Cl2N2O3. The van der Waals surface area contributed by atoms with Crippen LogP contribution in [0.1, 0.15) is 21.5 Å². The van der Waals surface area contributed by atoms with E-state index in [2.05, 4.69) is 0 Å². The molecule has 0 aliphatic carbocycles. The molecule has 7 heteroatoms. The number of allylic oxidation sites excluding steroid dienone is 1. The van der Waals surface area contributed by atoms with Crippen molar-refractivity contribution in [3.63, 3.8) is 0 Å². The predicted octanol–water partition coefficient (Wildman–Crippen LogP) is 5.00. The van der Waals surface area contributed by atoms with E-state index in [1.165, 1.54) is 24.3 Å². The van der Waals surface area contributed by atoms with Crippen LogP contribution in [0.25, 0.3) is 6.08 Å². The highest BCUT2D eigenvalue weighted by Gasteiger charge is 2.19. The standard InChI is InChI=1S/C17H10Cl2N2O3/c1-10-5-6-11(8-15(10)21(23)24)7-12(9-20)17(22)16-13(18)3-2-4-14(16)19/h2-8H,1H3/b12-7+. The maximum absolute atomic E-state index is 12.5. The summed E-state index contributed by atoms with van der Waals surface area (Å²) >= 11 is 12.0. The number of rotatable bonds is 4. The fraction of sp³-hybridized carbons (Fsp3) is 0.0588. The Bertz CT molecular complexity index is 894. The third-order valence-electron chi connectivity index (χ3n) is 3.30. The Morgan fingerprint density at radius 1 is 1.25 bits per heavy atom. The highest BCUT2D eigenvalue weighted by molar-refractivity contribution is 6.41. The molecule has 0 saturated carbocycles. The predicted molar refractivity (Wildman–Crippen MR) is 92.2 cm³/mol. The summed E-state index contributed by atoms with van der Waals surface area (Å²) < 4.78 is 0. The number of nitrogens with zero attached hydrogens (tertiary/aromatic N) is 2. The van der Waals surface area contributed by atoms with E-state index in [0.29, 0.717) is 11.1 Å². The monoisotopic (exact) mass is 360 g/mol. The highest BCUT2D eigenvalue weighted by Crippen LogP contribution is 2.28. The number of carbonyl (C=O) groups excluding carboxylic acids is 1. The summed E-state index contributed by atoms with van der Waals surface area (Å²) in [6.07, 6.45) is 1.27. The van der Waals surface area contributed by atoms with Crippen LogP contribution in [0.3, 0.4) is 0 Å². The van der Waals surface area contributed by atoms with Crippen molar-refractivity contribution in [1.82, 2.24) is 0 Å². The first kappa shape index (κ1) is 17.7. The number of nitro groups is 1. The van der Waals surface area contributed by atoms with Gasteiger partial charge in [0.2, 0.25) is 5.78 Å². The van der Waals surface area contributed by atoms with Gasteiger partial charge in [-0.3, -0.25) is 14.9 Å². The second-order valence-electron chi connectivity index (χ2n) is 4.90. The van der Waals surface area contributed by atoms with E-state index in [4.69, 9.17) is 23.2 Å². The third-order valence-corrected chi connectivity index (χ3v) is 3.93. The van der Waals surface area contributed by atoms with Crippen LogP contribution in [0.15, 0.2) is 42.0 Å². The summed E-state index contributed by atoms with van der Waals surface area (Å²) in [5, 5.41) is 20.5. The summed E-state index contributed by atoms with van der Waals surface area (Å²) in [7, 11) is 0. The van der Waals surface area contributed by atoms with Crippen molar-refractivity contribution in [3.8, 4) is 6.07 Å². The summed E-state index contributed by atoms with van der Waals surface area (Å²) in [6.45, 7) is 1.60. The molecule has 0 atom stereocenters. The van der Waals surface area contributed by atoms with Gasteiger partial charge < -0.3 is 0 Å².